The van der Waals surface area contributed by atoms with Crippen LogP contribution in [0.15, 0.2) is 36.7 Å². The van der Waals surface area contributed by atoms with Gasteiger partial charge >= 0.3 is 0 Å². The first-order valence-electron chi connectivity index (χ1n) is 9.68. The minimum atomic E-state index is 0.166. The average Bonchev–Trinajstić information content (AvgIpc) is 2.68. The van der Waals surface area contributed by atoms with Crippen molar-refractivity contribution in [3.05, 3.63) is 42.2 Å². The summed E-state index contributed by atoms with van der Waals surface area (Å²) in [5.74, 6) is 2.42. The third kappa shape index (κ3) is 4.76. The van der Waals surface area contributed by atoms with Crippen molar-refractivity contribution in [3.8, 4) is 11.6 Å². The molecule has 1 atom stereocenters. The number of hydrogen-bond donors (Lipinski definition) is 0. The summed E-state index contributed by atoms with van der Waals surface area (Å²) in [5.41, 5.74) is 1.06. The second-order valence-electron chi connectivity index (χ2n) is 7.07. The minimum Gasteiger partial charge on any atom is -0.439 e. The van der Waals surface area contributed by atoms with E-state index in [-0.39, 0.29) is 11.9 Å². The Hall–Kier alpha value is -2.63. The number of aromatic nitrogens is 2. The van der Waals surface area contributed by atoms with E-state index in [1.807, 2.05) is 42.2 Å². The fourth-order valence-electron chi connectivity index (χ4n) is 3.35. The number of para-hydroxylation sites is 1. The molecule has 1 unspecified atom stereocenters. The molecule has 0 aliphatic carbocycles. The predicted molar refractivity (Wildman–Crippen MR) is 106 cm³/mol. The van der Waals surface area contributed by atoms with E-state index in [0.717, 1.165) is 49.6 Å². The van der Waals surface area contributed by atoms with Crippen LogP contribution in [0.3, 0.4) is 0 Å². The summed E-state index contributed by atoms with van der Waals surface area (Å²) in [7, 11) is 0. The summed E-state index contributed by atoms with van der Waals surface area (Å²) >= 11 is 0. The summed E-state index contributed by atoms with van der Waals surface area (Å²) < 4.78 is 5.93. The first kappa shape index (κ1) is 19.1. The van der Waals surface area contributed by atoms with Crippen LogP contribution in [0, 0.1) is 6.92 Å². The lowest BCUT2D eigenvalue weighted by molar-refractivity contribution is -0.133. The number of aryl methyl sites for hydroxylation is 1. The van der Waals surface area contributed by atoms with Crippen LogP contribution >= 0.6 is 0 Å². The number of amides is 1. The van der Waals surface area contributed by atoms with Crippen molar-refractivity contribution in [1.29, 1.82) is 0 Å². The van der Waals surface area contributed by atoms with Crippen LogP contribution in [0.2, 0.25) is 0 Å². The SMILES string of the molecule is CCCCC(=O)N1CCN(c2cc(Oc3ccccc3C)ncn2)CC1C. The number of nitrogens with zero attached hydrogens (tertiary/aromatic N) is 4. The molecule has 0 bridgehead atoms. The van der Waals surface area contributed by atoms with Gasteiger partial charge in [-0.1, -0.05) is 31.5 Å². The summed E-state index contributed by atoms with van der Waals surface area (Å²) in [6, 6.07) is 9.90. The lowest BCUT2D eigenvalue weighted by Crippen LogP contribution is -2.54. The normalized spacial score (nSPS) is 17.1. The monoisotopic (exact) mass is 368 g/mol. The Bertz CT molecular complexity index is 780. The predicted octanol–water partition coefficient (Wildman–Crippen LogP) is 3.80. The number of hydrogen-bond acceptors (Lipinski definition) is 5. The molecule has 0 N–H and O–H groups in total. The summed E-state index contributed by atoms with van der Waals surface area (Å²) in [5, 5.41) is 0. The molecule has 1 fully saturated rings. The zero-order valence-electron chi connectivity index (χ0n) is 16.4. The van der Waals surface area contributed by atoms with Crippen LogP contribution in [-0.2, 0) is 4.79 Å². The van der Waals surface area contributed by atoms with Crippen molar-refractivity contribution in [2.24, 2.45) is 0 Å². The highest BCUT2D eigenvalue weighted by Crippen LogP contribution is 2.26. The van der Waals surface area contributed by atoms with Crippen molar-refractivity contribution >= 4 is 11.7 Å². The number of ether oxygens (including phenoxy) is 1. The molecule has 1 amide bonds. The van der Waals surface area contributed by atoms with Crippen LogP contribution in [0.4, 0.5) is 5.82 Å². The smallest absolute Gasteiger partial charge is 0.224 e. The van der Waals surface area contributed by atoms with E-state index in [0.29, 0.717) is 12.3 Å². The van der Waals surface area contributed by atoms with Gasteiger partial charge in [-0.15, -0.1) is 0 Å². The summed E-state index contributed by atoms with van der Waals surface area (Å²) in [6.45, 7) is 8.47. The van der Waals surface area contributed by atoms with Gasteiger partial charge in [-0.3, -0.25) is 4.79 Å². The lowest BCUT2D eigenvalue weighted by Gasteiger charge is -2.40. The van der Waals surface area contributed by atoms with Crippen LogP contribution < -0.4 is 9.64 Å². The number of rotatable bonds is 6. The maximum atomic E-state index is 12.4. The Morgan fingerprint density at radius 3 is 2.81 bits per heavy atom. The average molecular weight is 368 g/mol. The van der Waals surface area contributed by atoms with Crippen molar-refractivity contribution < 1.29 is 9.53 Å². The molecule has 0 radical (unpaired) electrons. The van der Waals surface area contributed by atoms with E-state index in [2.05, 4.69) is 28.7 Å². The molecule has 0 saturated carbocycles. The van der Waals surface area contributed by atoms with E-state index < -0.39 is 0 Å². The quantitative estimate of drug-likeness (QED) is 0.776. The molecule has 144 valence electrons. The van der Waals surface area contributed by atoms with E-state index in [4.69, 9.17) is 4.74 Å². The number of carbonyl (C=O) groups excluding carboxylic acids is 1. The maximum absolute atomic E-state index is 12.4. The topological polar surface area (TPSA) is 58.6 Å². The molecule has 1 aromatic carbocycles. The Morgan fingerprint density at radius 2 is 2.07 bits per heavy atom. The van der Waals surface area contributed by atoms with E-state index in [9.17, 15) is 4.79 Å². The third-order valence-corrected chi connectivity index (χ3v) is 4.95. The van der Waals surface area contributed by atoms with E-state index in [1.165, 1.54) is 6.33 Å². The molecule has 1 aromatic heterocycles. The standard InChI is InChI=1S/C21H28N4O2/c1-4-5-10-21(26)25-12-11-24(14-17(25)3)19-13-20(23-15-22-19)27-18-9-7-6-8-16(18)2/h6-9,13,15,17H,4-5,10-12,14H2,1-3H3. The van der Waals surface area contributed by atoms with Crippen molar-refractivity contribution in [3.63, 3.8) is 0 Å². The van der Waals surface area contributed by atoms with Gasteiger partial charge in [0.2, 0.25) is 11.8 Å². The van der Waals surface area contributed by atoms with Gasteiger partial charge in [0.1, 0.15) is 17.9 Å². The van der Waals surface area contributed by atoms with Crippen molar-refractivity contribution in [2.75, 3.05) is 24.5 Å². The molecule has 1 aliphatic rings. The maximum Gasteiger partial charge on any atom is 0.224 e. The molecule has 2 aromatic rings. The first-order chi connectivity index (χ1) is 13.1. The minimum absolute atomic E-state index is 0.166. The molecule has 3 rings (SSSR count). The highest BCUT2D eigenvalue weighted by molar-refractivity contribution is 5.76. The molecular formula is C21H28N4O2. The molecule has 6 heteroatoms. The van der Waals surface area contributed by atoms with Gasteiger partial charge in [0, 0.05) is 38.2 Å². The number of anilines is 1. The van der Waals surface area contributed by atoms with E-state index >= 15 is 0 Å². The molecule has 2 heterocycles. The van der Waals surface area contributed by atoms with Crippen LogP contribution in [0.1, 0.15) is 38.7 Å². The van der Waals surface area contributed by atoms with Gasteiger partial charge in [-0.2, -0.15) is 0 Å². The molecule has 6 nitrogen and oxygen atoms in total. The summed E-state index contributed by atoms with van der Waals surface area (Å²) in [6.07, 6.45) is 4.18. The number of piperazine rings is 1. The van der Waals surface area contributed by atoms with Gasteiger partial charge in [-0.05, 0) is 31.9 Å². The Balaban J connectivity index is 1.66. The molecule has 1 aliphatic heterocycles. The Morgan fingerprint density at radius 1 is 1.26 bits per heavy atom. The number of carbonyl (C=O) groups is 1. The fraction of sp³-hybridized carbons (Fsp3) is 0.476. The number of unbranched alkanes of at least 4 members (excludes halogenated alkanes) is 1. The van der Waals surface area contributed by atoms with Crippen LogP contribution in [0.5, 0.6) is 11.6 Å². The van der Waals surface area contributed by atoms with Gasteiger partial charge in [-0.25, -0.2) is 9.97 Å². The highest BCUT2D eigenvalue weighted by Gasteiger charge is 2.27. The fourth-order valence-corrected chi connectivity index (χ4v) is 3.35. The molecular weight excluding hydrogens is 340 g/mol. The first-order valence-corrected chi connectivity index (χ1v) is 9.68. The zero-order chi connectivity index (χ0) is 19.2. The van der Waals surface area contributed by atoms with Crippen LogP contribution in [0.25, 0.3) is 0 Å². The Labute approximate surface area is 161 Å². The number of benzene rings is 1. The van der Waals surface area contributed by atoms with Gasteiger partial charge in [0.25, 0.3) is 0 Å². The van der Waals surface area contributed by atoms with Gasteiger partial charge in [0.15, 0.2) is 0 Å². The largest absolute Gasteiger partial charge is 0.439 e. The second kappa shape index (κ2) is 8.84. The highest BCUT2D eigenvalue weighted by atomic mass is 16.5. The van der Waals surface area contributed by atoms with E-state index in [1.54, 1.807) is 0 Å². The van der Waals surface area contributed by atoms with Gasteiger partial charge in [0.05, 0.1) is 0 Å². The van der Waals surface area contributed by atoms with Crippen LogP contribution in [-0.4, -0.2) is 46.5 Å². The van der Waals surface area contributed by atoms with Crippen molar-refractivity contribution in [1.82, 2.24) is 14.9 Å². The van der Waals surface area contributed by atoms with Crippen molar-refractivity contribution in [2.45, 2.75) is 46.1 Å². The third-order valence-electron chi connectivity index (χ3n) is 4.95. The molecule has 1 saturated heterocycles. The molecule has 0 spiro atoms. The zero-order valence-corrected chi connectivity index (χ0v) is 16.4. The molecule has 27 heavy (non-hydrogen) atoms. The Kier molecular flexibility index (Phi) is 6.27. The second-order valence-corrected chi connectivity index (χ2v) is 7.07. The summed E-state index contributed by atoms with van der Waals surface area (Å²) in [4.78, 5) is 25.2. The van der Waals surface area contributed by atoms with Gasteiger partial charge < -0.3 is 14.5 Å². The lowest BCUT2D eigenvalue weighted by atomic mass is 10.1.